The summed E-state index contributed by atoms with van der Waals surface area (Å²) in [6.07, 6.45) is 6.34. The van der Waals surface area contributed by atoms with Crippen molar-refractivity contribution in [2.45, 2.75) is 0 Å². The van der Waals surface area contributed by atoms with Crippen molar-refractivity contribution in [1.82, 2.24) is 15.1 Å². The summed E-state index contributed by atoms with van der Waals surface area (Å²) >= 11 is 0. The molecule has 4 aromatic rings. The second-order valence-corrected chi connectivity index (χ2v) is 6.05. The van der Waals surface area contributed by atoms with Crippen LogP contribution < -0.4 is 10.6 Å². The fourth-order valence-electron chi connectivity index (χ4n) is 2.60. The topological polar surface area (TPSA) is 110 Å². The van der Waals surface area contributed by atoms with Crippen LogP contribution in [0.5, 0.6) is 0 Å². The Kier molecular flexibility index (Phi) is 5.06. The molecular weight excluding hydrogens is 370 g/mol. The molecule has 3 heterocycles. The zero-order valence-corrected chi connectivity index (χ0v) is 15.1. The van der Waals surface area contributed by atoms with E-state index in [1.165, 1.54) is 6.20 Å². The number of aromatic nitrogens is 3. The summed E-state index contributed by atoms with van der Waals surface area (Å²) in [7, 11) is 0. The van der Waals surface area contributed by atoms with Crippen molar-refractivity contribution in [2.75, 3.05) is 10.6 Å². The lowest BCUT2D eigenvalue weighted by molar-refractivity contribution is 0.101. The highest BCUT2D eigenvalue weighted by Crippen LogP contribution is 2.21. The quantitative estimate of drug-likeness (QED) is 0.543. The number of amides is 2. The summed E-state index contributed by atoms with van der Waals surface area (Å²) in [4.78, 5) is 32.6. The molecular formula is C21H15N5O3. The van der Waals surface area contributed by atoms with Crippen molar-refractivity contribution in [2.24, 2.45) is 0 Å². The molecule has 0 aliphatic heterocycles. The Hall–Kier alpha value is -4.33. The minimum absolute atomic E-state index is 0.133. The van der Waals surface area contributed by atoms with Crippen molar-refractivity contribution < 1.29 is 14.1 Å². The van der Waals surface area contributed by atoms with Gasteiger partial charge in [0.05, 0.1) is 5.56 Å². The van der Waals surface area contributed by atoms with Crippen LogP contribution in [-0.2, 0) is 0 Å². The molecule has 2 N–H and O–H groups in total. The maximum Gasteiger partial charge on any atom is 0.277 e. The highest BCUT2D eigenvalue weighted by Gasteiger charge is 2.14. The van der Waals surface area contributed by atoms with Gasteiger partial charge in [-0.15, -0.1) is 0 Å². The third kappa shape index (κ3) is 4.33. The first-order chi connectivity index (χ1) is 14.2. The van der Waals surface area contributed by atoms with Crippen molar-refractivity contribution in [1.29, 1.82) is 0 Å². The van der Waals surface area contributed by atoms with E-state index in [9.17, 15) is 9.59 Å². The van der Waals surface area contributed by atoms with Gasteiger partial charge < -0.3 is 15.2 Å². The third-order valence-corrected chi connectivity index (χ3v) is 3.99. The largest absolute Gasteiger partial charge is 0.355 e. The number of benzene rings is 1. The lowest BCUT2D eigenvalue weighted by atomic mass is 10.2. The Balaban J connectivity index is 1.45. The van der Waals surface area contributed by atoms with Gasteiger partial charge in [-0.3, -0.25) is 19.6 Å². The second-order valence-electron chi connectivity index (χ2n) is 6.05. The van der Waals surface area contributed by atoms with Crippen LogP contribution in [0.2, 0.25) is 0 Å². The maximum atomic E-state index is 12.5. The van der Waals surface area contributed by atoms with Crippen molar-refractivity contribution in [3.05, 3.63) is 90.6 Å². The van der Waals surface area contributed by atoms with Crippen LogP contribution in [-0.4, -0.2) is 26.9 Å². The van der Waals surface area contributed by atoms with Crippen LogP contribution in [0.3, 0.4) is 0 Å². The molecule has 0 aliphatic rings. The van der Waals surface area contributed by atoms with E-state index in [-0.39, 0.29) is 11.6 Å². The summed E-state index contributed by atoms with van der Waals surface area (Å²) in [5.74, 6) is -0.278. The molecule has 29 heavy (non-hydrogen) atoms. The van der Waals surface area contributed by atoms with Crippen LogP contribution in [0.1, 0.15) is 20.8 Å². The van der Waals surface area contributed by atoms with E-state index < -0.39 is 5.91 Å². The van der Waals surface area contributed by atoms with Gasteiger partial charge in [-0.2, -0.15) is 0 Å². The van der Waals surface area contributed by atoms with Gasteiger partial charge in [0.15, 0.2) is 11.5 Å². The van der Waals surface area contributed by atoms with Crippen molar-refractivity contribution in [3.63, 3.8) is 0 Å². The highest BCUT2D eigenvalue weighted by molar-refractivity contribution is 6.05. The predicted octanol–water partition coefficient (Wildman–Crippen LogP) is 3.64. The maximum absolute atomic E-state index is 12.5. The number of rotatable bonds is 5. The van der Waals surface area contributed by atoms with Crippen LogP contribution in [0.4, 0.5) is 11.4 Å². The zero-order chi connectivity index (χ0) is 20.1. The molecule has 142 valence electrons. The normalized spacial score (nSPS) is 10.3. The third-order valence-electron chi connectivity index (χ3n) is 3.99. The average Bonchev–Trinajstić information content (AvgIpc) is 3.26. The fraction of sp³-hybridized carbons (Fsp3) is 0. The smallest absolute Gasteiger partial charge is 0.277 e. The molecule has 8 nitrogen and oxygen atoms in total. The van der Waals surface area contributed by atoms with Crippen molar-refractivity contribution >= 4 is 23.2 Å². The minimum Gasteiger partial charge on any atom is -0.355 e. The summed E-state index contributed by atoms with van der Waals surface area (Å²) in [6, 6.07) is 15.3. The monoisotopic (exact) mass is 385 g/mol. The molecule has 0 radical (unpaired) electrons. The molecule has 2 amide bonds. The molecule has 0 fully saturated rings. The molecule has 0 bridgehead atoms. The van der Waals surface area contributed by atoms with Gasteiger partial charge in [0.25, 0.3) is 11.8 Å². The Labute approximate surface area is 165 Å². The molecule has 3 aromatic heterocycles. The minimum atomic E-state index is -0.431. The molecule has 4 rings (SSSR count). The molecule has 0 spiro atoms. The lowest BCUT2D eigenvalue weighted by Gasteiger charge is -2.08. The van der Waals surface area contributed by atoms with E-state index >= 15 is 0 Å². The fourth-order valence-corrected chi connectivity index (χ4v) is 2.60. The summed E-state index contributed by atoms with van der Waals surface area (Å²) < 4.78 is 5.22. The van der Waals surface area contributed by atoms with Crippen LogP contribution in [0.25, 0.3) is 11.3 Å². The van der Waals surface area contributed by atoms with Crippen molar-refractivity contribution in [3.8, 4) is 11.3 Å². The second kappa shape index (κ2) is 8.13. The van der Waals surface area contributed by atoms with Gasteiger partial charge in [-0.1, -0.05) is 11.2 Å². The summed E-state index contributed by atoms with van der Waals surface area (Å²) in [5, 5.41) is 9.31. The van der Waals surface area contributed by atoms with E-state index in [0.29, 0.717) is 22.7 Å². The van der Waals surface area contributed by atoms with E-state index in [2.05, 4.69) is 25.8 Å². The van der Waals surface area contributed by atoms with Gasteiger partial charge in [0, 0.05) is 47.8 Å². The molecule has 0 unspecified atom stereocenters. The molecule has 8 heteroatoms. The predicted molar refractivity (Wildman–Crippen MR) is 106 cm³/mol. The lowest BCUT2D eigenvalue weighted by Crippen LogP contribution is -2.14. The van der Waals surface area contributed by atoms with Crippen LogP contribution >= 0.6 is 0 Å². The van der Waals surface area contributed by atoms with Gasteiger partial charge >= 0.3 is 0 Å². The molecule has 1 aromatic carbocycles. The Bertz CT molecular complexity index is 1140. The Morgan fingerprint density at radius 1 is 0.793 bits per heavy atom. The van der Waals surface area contributed by atoms with E-state index in [1.807, 2.05) is 6.07 Å². The standard InChI is InChI=1S/C21H15N5O3/c27-20(15-5-3-9-23-13-15)24-16-6-1-7-17(10-16)25-21(28)18-11-19(29-26-18)14-4-2-8-22-12-14/h1-13H,(H,24,27)(H,25,28). The van der Waals surface area contributed by atoms with Gasteiger partial charge in [-0.05, 0) is 42.5 Å². The Morgan fingerprint density at radius 2 is 1.52 bits per heavy atom. The molecule has 0 atom stereocenters. The average molecular weight is 385 g/mol. The summed E-state index contributed by atoms with van der Waals surface area (Å²) in [6.45, 7) is 0. The first-order valence-corrected chi connectivity index (χ1v) is 8.69. The van der Waals surface area contributed by atoms with E-state index in [4.69, 9.17) is 4.52 Å². The number of nitrogens with one attached hydrogen (secondary N) is 2. The van der Waals surface area contributed by atoms with E-state index in [1.54, 1.807) is 67.1 Å². The van der Waals surface area contributed by atoms with Gasteiger partial charge in [0.2, 0.25) is 0 Å². The number of anilines is 2. The first-order valence-electron chi connectivity index (χ1n) is 8.69. The highest BCUT2D eigenvalue weighted by atomic mass is 16.5. The molecule has 0 aliphatic carbocycles. The summed E-state index contributed by atoms with van der Waals surface area (Å²) in [5.41, 5.74) is 2.33. The molecule has 0 saturated carbocycles. The number of nitrogens with zero attached hydrogens (tertiary/aromatic N) is 3. The van der Waals surface area contributed by atoms with E-state index in [0.717, 1.165) is 5.56 Å². The Morgan fingerprint density at radius 3 is 2.21 bits per heavy atom. The number of carbonyl (C=O) groups excluding carboxylic acids is 2. The SMILES string of the molecule is O=C(Nc1cccc(NC(=O)c2cc(-c3cccnc3)on2)c1)c1cccnc1. The number of pyridine rings is 2. The number of hydrogen-bond acceptors (Lipinski definition) is 6. The molecule has 0 saturated heterocycles. The first kappa shape index (κ1) is 18.1. The number of hydrogen-bond donors (Lipinski definition) is 2. The zero-order valence-electron chi connectivity index (χ0n) is 15.1. The van der Waals surface area contributed by atoms with Crippen LogP contribution in [0, 0.1) is 0 Å². The van der Waals surface area contributed by atoms with Gasteiger partial charge in [0.1, 0.15) is 0 Å². The van der Waals surface area contributed by atoms with Crippen LogP contribution in [0.15, 0.2) is 83.9 Å². The number of carbonyl (C=O) groups is 2. The van der Waals surface area contributed by atoms with Gasteiger partial charge in [-0.25, -0.2) is 0 Å².